The molecule has 0 atom stereocenters. The van der Waals surface area contributed by atoms with E-state index >= 15 is 0 Å². The first-order valence-electron chi connectivity index (χ1n) is 9.13. The van der Waals surface area contributed by atoms with Crippen molar-refractivity contribution < 1.29 is 14.3 Å². The summed E-state index contributed by atoms with van der Waals surface area (Å²) in [6.07, 6.45) is 2.44. The van der Waals surface area contributed by atoms with E-state index in [-0.39, 0.29) is 5.97 Å². The van der Waals surface area contributed by atoms with E-state index in [0.717, 1.165) is 40.3 Å². The number of esters is 1. The standard InChI is InChI=1S/C23H20BrNO3/c1-2-28-23(27)18-11-8-10-17(15-18)9-4-3-7-14-25-21-13-6-5-12-19(21)20(16-26)22(25)24/h5-6,8,10-13,15-16H,2-3,7,14H2,1H3. The number of aryl methyl sites for hydroxylation is 1. The molecule has 0 amide bonds. The summed E-state index contributed by atoms with van der Waals surface area (Å²) in [5.74, 6) is 5.93. The van der Waals surface area contributed by atoms with Gasteiger partial charge in [-0.25, -0.2) is 4.79 Å². The van der Waals surface area contributed by atoms with E-state index in [4.69, 9.17) is 4.74 Å². The van der Waals surface area contributed by atoms with Crippen molar-refractivity contribution in [3.63, 3.8) is 0 Å². The van der Waals surface area contributed by atoms with Crippen molar-refractivity contribution >= 4 is 39.1 Å². The highest BCUT2D eigenvalue weighted by molar-refractivity contribution is 9.10. The number of carbonyl (C=O) groups excluding carboxylic acids is 2. The molecule has 0 aliphatic rings. The van der Waals surface area contributed by atoms with Crippen molar-refractivity contribution in [3.8, 4) is 11.8 Å². The molecule has 1 heterocycles. The van der Waals surface area contributed by atoms with Gasteiger partial charge in [-0.05, 0) is 53.5 Å². The van der Waals surface area contributed by atoms with Crippen LogP contribution in [0.25, 0.3) is 10.9 Å². The zero-order chi connectivity index (χ0) is 19.9. The number of ether oxygens (including phenoxy) is 1. The normalized spacial score (nSPS) is 10.4. The summed E-state index contributed by atoms with van der Waals surface area (Å²) in [5, 5.41) is 0.950. The largest absolute Gasteiger partial charge is 0.462 e. The van der Waals surface area contributed by atoms with Gasteiger partial charge in [0.2, 0.25) is 0 Å². The molecule has 0 spiro atoms. The number of fused-ring (bicyclic) bond motifs is 1. The van der Waals surface area contributed by atoms with Gasteiger partial charge < -0.3 is 9.30 Å². The lowest BCUT2D eigenvalue weighted by atomic mass is 10.1. The second-order valence-electron chi connectivity index (χ2n) is 6.20. The third-order valence-electron chi connectivity index (χ3n) is 4.35. The fourth-order valence-corrected chi connectivity index (χ4v) is 3.73. The Labute approximate surface area is 172 Å². The van der Waals surface area contributed by atoms with E-state index in [1.165, 1.54) is 0 Å². The molecule has 0 bridgehead atoms. The van der Waals surface area contributed by atoms with Gasteiger partial charge in [-0.15, -0.1) is 0 Å². The van der Waals surface area contributed by atoms with Crippen LogP contribution in [-0.4, -0.2) is 23.4 Å². The van der Waals surface area contributed by atoms with Crippen LogP contribution in [-0.2, 0) is 11.3 Å². The Hall–Kier alpha value is -2.84. The first kappa shape index (κ1) is 19.9. The average Bonchev–Trinajstić information content (AvgIpc) is 2.99. The molecular weight excluding hydrogens is 418 g/mol. The Balaban J connectivity index is 1.66. The van der Waals surface area contributed by atoms with Gasteiger partial charge in [0.05, 0.1) is 22.3 Å². The lowest BCUT2D eigenvalue weighted by Gasteiger charge is -2.05. The summed E-state index contributed by atoms with van der Waals surface area (Å²) in [5.41, 5.74) is 3.02. The van der Waals surface area contributed by atoms with Gasteiger partial charge in [-0.1, -0.05) is 36.1 Å². The zero-order valence-corrected chi connectivity index (χ0v) is 17.2. The van der Waals surface area contributed by atoms with Crippen LogP contribution in [0.1, 0.15) is 46.0 Å². The highest BCUT2D eigenvalue weighted by atomic mass is 79.9. The summed E-state index contributed by atoms with van der Waals surface area (Å²) in [6, 6.07) is 15.0. The Morgan fingerprint density at radius 2 is 2.04 bits per heavy atom. The van der Waals surface area contributed by atoms with Crippen LogP contribution in [0.15, 0.2) is 53.1 Å². The van der Waals surface area contributed by atoms with Crippen LogP contribution < -0.4 is 0 Å². The second-order valence-corrected chi connectivity index (χ2v) is 6.95. The van der Waals surface area contributed by atoms with E-state index < -0.39 is 0 Å². The fraction of sp³-hybridized carbons (Fsp3) is 0.217. The molecule has 0 fully saturated rings. The number of benzene rings is 2. The predicted octanol–water partition coefficient (Wildman–Crippen LogP) is 5.22. The van der Waals surface area contributed by atoms with Crippen molar-refractivity contribution in [2.24, 2.45) is 0 Å². The Morgan fingerprint density at radius 1 is 1.21 bits per heavy atom. The van der Waals surface area contributed by atoms with Gasteiger partial charge >= 0.3 is 5.97 Å². The van der Waals surface area contributed by atoms with Crippen molar-refractivity contribution in [2.75, 3.05) is 6.61 Å². The number of hydrogen-bond acceptors (Lipinski definition) is 3. The van der Waals surface area contributed by atoms with Crippen LogP contribution in [0.5, 0.6) is 0 Å². The SMILES string of the molecule is CCOC(=O)c1cccc(C#CCCCn2c(Br)c(C=O)c3ccccc32)c1. The number of hydrogen-bond donors (Lipinski definition) is 0. The van der Waals surface area contributed by atoms with Crippen molar-refractivity contribution in [2.45, 2.75) is 26.3 Å². The monoisotopic (exact) mass is 437 g/mol. The topological polar surface area (TPSA) is 48.3 Å². The minimum absolute atomic E-state index is 0.332. The summed E-state index contributed by atoms with van der Waals surface area (Å²) in [6.45, 7) is 2.89. The molecule has 0 aliphatic carbocycles. The van der Waals surface area contributed by atoms with Crippen LogP contribution in [0, 0.1) is 11.8 Å². The minimum atomic E-state index is -0.332. The number of aldehydes is 1. The molecule has 142 valence electrons. The molecule has 28 heavy (non-hydrogen) atoms. The van der Waals surface area contributed by atoms with Gasteiger partial charge in [0.25, 0.3) is 0 Å². The molecule has 5 heteroatoms. The van der Waals surface area contributed by atoms with Crippen molar-refractivity contribution in [3.05, 3.63) is 69.8 Å². The first-order valence-corrected chi connectivity index (χ1v) is 9.93. The lowest BCUT2D eigenvalue weighted by Crippen LogP contribution is -2.04. The number of rotatable bonds is 6. The third kappa shape index (κ3) is 4.35. The average molecular weight is 438 g/mol. The highest BCUT2D eigenvalue weighted by Gasteiger charge is 2.13. The van der Waals surface area contributed by atoms with E-state index in [1.807, 2.05) is 30.3 Å². The molecule has 0 unspecified atom stereocenters. The quantitative estimate of drug-likeness (QED) is 0.229. The van der Waals surface area contributed by atoms with Crippen molar-refractivity contribution in [1.29, 1.82) is 0 Å². The maximum Gasteiger partial charge on any atom is 0.338 e. The molecule has 4 nitrogen and oxygen atoms in total. The van der Waals surface area contributed by atoms with E-state index in [2.05, 4.69) is 32.3 Å². The molecule has 3 aromatic rings. The van der Waals surface area contributed by atoms with E-state index in [1.54, 1.807) is 25.1 Å². The third-order valence-corrected chi connectivity index (χ3v) is 5.21. The maximum atomic E-state index is 11.8. The van der Waals surface area contributed by atoms with Crippen molar-refractivity contribution in [1.82, 2.24) is 4.57 Å². The molecule has 0 saturated heterocycles. The number of nitrogens with zero attached hydrogens (tertiary/aromatic N) is 1. The van der Waals surface area contributed by atoms with Crippen LogP contribution >= 0.6 is 15.9 Å². The predicted molar refractivity (Wildman–Crippen MR) is 114 cm³/mol. The molecule has 0 N–H and O–H groups in total. The van der Waals surface area contributed by atoms with Gasteiger partial charge in [-0.2, -0.15) is 0 Å². The van der Waals surface area contributed by atoms with Gasteiger partial charge in [-0.3, -0.25) is 4.79 Å². The summed E-state index contributed by atoms with van der Waals surface area (Å²) in [7, 11) is 0. The summed E-state index contributed by atoms with van der Waals surface area (Å²) in [4.78, 5) is 23.2. The van der Waals surface area contributed by atoms with Crippen LogP contribution in [0.3, 0.4) is 0 Å². The number of carbonyl (C=O) groups is 2. The number of halogens is 1. The molecule has 0 aliphatic heterocycles. The fourth-order valence-electron chi connectivity index (χ4n) is 3.06. The van der Waals surface area contributed by atoms with E-state index in [9.17, 15) is 9.59 Å². The smallest absolute Gasteiger partial charge is 0.338 e. The van der Waals surface area contributed by atoms with Crippen LogP contribution in [0.4, 0.5) is 0 Å². The summed E-state index contributed by atoms with van der Waals surface area (Å²) < 4.78 is 7.92. The molecular formula is C23H20BrNO3. The number of para-hydroxylation sites is 1. The Kier molecular flexibility index (Phi) is 6.67. The highest BCUT2D eigenvalue weighted by Crippen LogP contribution is 2.29. The summed E-state index contributed by atoms with van der Waals surface area (Å²) >= 11 is 3.55. The van der Waals surface area contributed by atoms with Gasteiger partial charge in [0.15, 0.2) is 6.29 Å². The maximum absolute atomic E-state index is 11.8. The Bertz CT molecular complexity index is 1070. The first-order chi connectivity index (χ1) is 13.7. The molecule has 0 radical (unpaired) electrons. The molecule has 2 aromatic carbocycles. The Morgan fingerprint density at radius 3 is 2.82 bits per heavy atom. The molecule has 0 saturated carbocycles. The zero-order valence-electron chi connectivity index (χ0n) is 15.6. The van der Waals surface area contributed by atoms with Crippen LogP contribution in [0.2, 0.25) is 0 Å². The van der Waals surface area contributed by atoms with E-state index in [0.29, 0.717) is 24.2 Å². The number of aromatic nitrogens is 1. The minimum Gasteiger partial charge on any atom is -0.462 e. The molecule has 1 aromatic heterocycles. The second kappa shape index (κ2) is 9.38. The number of unbranched alkanes of at least 4 members (excludes halogenated alkanes) is 1. The van der Waals surface area contributed by atoms with Gasteiger partial charge in [0, 0.05) is 29.4 Å². The lowest BCUT2D eigenvalue weighted by molar-refractivity contribution is 0.0526. The van der Waals surface area contributed by atoms with Gasteiger partial charge in [0.1, 0.15) is 0 Å². The molecule has 3 rings (SSSR count).